The highest BCUT2D eigenvalue weighted by molar-refractivity contribution is 9.10. The van der Waals surface area contributed by atoms with Crippen LogP contribution in [0.3, 0.4) is 0 Å². The molecule has 0 spiro atoms. The first-order chi connectivity index (χ1) is 10.6. The van der Waals surface area contributed by atoms with Gasteiger partial charge in [0.25, 0.3) is 0 Å². The number of nitrogens with zero attached hydrogens (tertiary/aromatic N) is 2. The van der Waals surface area contributed by atoms with Gasteiger partial charge in [0.2, 0.25) is 0 Å². The van der Waals surface area contributed by atoms with Crippen molar-refractivity contribution < 1.29 is 5.11 Å². The molecule has 0 radical (unpaired) electrons. The number of anilines is 1. The SMILES string of the molecule is Cc1cnc(N2CC[C@@H](NC3CCCCC3)[C@H](O)C2)c(Br)c1. The van der Waals surface area contributed by atoms with Crippen molar-refractivity contribution in [3.63, 3.8) is 0 Å². The third kappa shape index (κ3) is 3.81. The molecule has 2 atom stereocenters. The lowest BCUT2D eigenvalue weighted by atomic mass is 9.93. The maximum Gasteiger partial charge on any atom is 0.142 e. The zero-order valence-corrected chi connectivity index (χ0v) is 14.8. The summed E-state index contributed by atoms with van der Waals surface area (Å²) >= 11 is 3.60. The van der Waals surface area contributed by atoms with Gasteiger partial charge < -0.3 is 15.3 Å². The van der Waals surface area contributed by atoms with E-state index in [1.165, 1.54) is 32.1 Å². The Morgan fingerprint density at radius 1 is 1.27 bits per heavy atom. The van der Waals surface area contributed by atoms with Gasteiger partial charge in [-0.2, -0.15) is 0 Å². The second-order valence-electron chi connectivity index (χ2n) is 6.73. The number of β-amino-alcohol motifs (C(OH)–C–C–N with tert-alkyl or cyclic N) is 1. The monoisotopic (exact) mass is 367 g/mol. The number of piperidine rings is 1. The van der Waals surface area contributed by atoms with E-state index in [0.717, 1.165) is 28.8 Å². The summed E-state index contributed by atoms with van der Waals surface area (Å²) in [6, 6.07) is 2.91. The molecule has 5 heteroatoms. The van der Waals surface area contributed by atoms with Gasteiger partial charge in [0.1, 0.15) is 5.82 Å². The van der Waals surface area contributed by atoms with Crippen LogP contribution in [0.5, 0.6) is 0 Å². The minimum Gasteiger partial charge on any atom is -0.390 e. The van der Waals surface area contributed by atoms with Gasteiger partial charge in [-0.05, 0) is 53.7 Å². The van der Waals surface area contributed by atoms with Gasteiger partial charge in [-0.25, -0.2) is 4.98 Å². The first kappa shape index (κ1) is 16.2. The van der Waals surface area contributed by atoms with E-state index in [9.17, 15) is 5.11 Å². The first-order valence-corrected chi connectivity index (χ1v) is 9.24. The Morgan fingerprint density at radius 2 is 2.05 bits per heavy atom. The number of pyridine rings is 1. The van der Waals surface area contributed by atoms with Crippen molar-refractivity contribution in [1.29, 1.82) is 0 Å². The van der Waals surface area contributed by atoms with Crippen molar-refractivity contribution in [2.45, 2.75) is 63.6 Å². The molecule has 1 saturated carbocycles. The van der Waals surface area contributed by atoms with Crippen LogP contribution in [-0.2, 0) is 0 Å². The molecule has 22 heavy (non-hydrogen) atoms. The molecule has 1 aliphatic carbocycles. The van der Waals surface area contributed by atoms with E-state index in [0.29, 0.717) is 12.6 Å². The predicted octanol–water partition coefficient (Wildman–Crippen LogP) is 3.01. The first-order valence-electron chi connectivity index (χ1n) is 8.44. The number of aliphatic hydroxyl groups is 1. The molecular formula is C17H26BrN3O. The van der Waals surface area contributed by atoms with Crippen LogP contribution < -0.4 is 10.2 Å². The number of hydrogen-bond donors (Lipinski definition) is 2. The Bertz CT molecular complexity index is 505. The largest absolute Gasteiger partial charge is 0.390 e. The van der Waals surface area contributed by atoms with E-state index in [-0.39, 0.29) is 12.1 Å². The van der Waals surface area contributed by atoms with Crippen molar-refractivity contribution in [3.05, 3.63) is 22.3 Å². The lowest BCUT2D eigenvalue weighted by molar-refractivity contribution is 0.103. The highest BCUT2D eigenvalue weighted by Crippen LogP contribution is 2.28. The molecule has 2 N–H and O–H groups in total. The molecule has 122 valence electrons. The van der Waals surface area contributed by atoms with Gasteiger partial charge >= 0.3 is 0 Å². The fraction of sp³-hybridized carbons (Fsp3) is 0.706. The Hall–Kier alpha value is -0.650. The zero-order chi connectivity index (χ0) is 15.5. The smallest absolute Gasteiger partial charge is 0.142 e. The standard InChI is InChI=1S/C17H26BrN3O/c1-12-9-14(18)17(19-10-12)21-8-7-15(16(22)11-21)20-13-5-3-2-4-6-13/h9-10,13,15-16,20,22H,2-8,11H2,1H3/t15-,16-/m1/s1. The summed E-state index contributed by atoms with van der Waals surface area (Å²) in [4.78, 5) is 6.71. The van der Waals surface area contributed by atoms with E-state index in [1.807, 2.05) is 13.1 Å². The maximum absolute atomic E-state index is 10.5. The molecule has 2 heterocycles. The summed E-state index contributed by atoms with van der Waals surface area (Å²) in [5.41, 5.74) is 1.14. The van der Waals surface area contributed by atoms with Crippen molar-refractivity contribution in [2.75, 3.05) is 18.0 Å². The number of aliphatic hydroxyl groups excluding tert-OH is 1. The molecule has 1 aromatic rings. The Morgan fingerprint density at radius 3 is 2.73 bits per heavy atom. The molecule has 4 nitrogen and oxygen atoms in total. The average molecular weight is 368 g/mol. The second-order valence-corrected chi connectivity index (χ2v) is 7.58. The molecule has 0 amide bonds. The molecule has 0 bridgehead atoms. The Labute approximate surface area is 141 Å². The lowest BCUT2D eigenvalue weighted by Crippen LogP contribution is -2.55. The Balaban J connectivity index is 1.59. The number of rotatable bonds is 3. The van der Waals surface area contributed by atoms with E-state index >= 15 is 0 Å². The second kappa shape index (κ2) is 7.28. The summed E-state index contributed by atoms with van der Waals surface area (Å²) in [6.45, 7) is 3.63. The number of hydrogen-bond acceptors (Lipinski definition) is 4. The normalized spacial score (nSPS) is 27.1. The number of aromatic nitrogens is 1. The quantitative estimate of drug-likeness (QED) is 0.861. The topological polar surface area (TPSA) is 48.4 Å². The van der Waals surface area contributed by atoms with E-state index in [2.05, 4.69) is 37.2 Å². The highest BCUT2D eigenvalue weighted by atomic mass is 79.9. The van der Waals surface area contributed by atoms with Gasteiger partial charge in [0, 0.05) is 31.4 Å². The fourth-order valence-electron chi connectivity index (χ4n) is 3.65. The summed E-state index contributed by atoms with van der Waals surface area (Å²) < 4.78 is 1.01. The van der Waals surface area contributed by atoms with Crippen molar-refractivity contribution in [2.24, 2.45) is 0 Å². The highest BCUT2D eigenvalue weighted by Gasteiger charge is 2.30. The Kier molecular flexibility index (Phi) is 5.37. The summed E-state index contributed by atoms with van der Waals surface area (Å²) in [5.74, 6) is 0.945. The van der Waals surface area contributed by atoms with Crippen molar-refractivity contribution in [1.82, 2.24) is 10.3 Å². The molecule has 1 aromatic heterocycles. The summed E-state index contributed by atoms with van der Waals surface area (Å²) in [7, 11) is 0. The van der Waals surface area contributed by atoms with Gasteiger partial charge in [0.15, 0.2) is 0 Å². The summed E-state index contributed by atoms with van der Waals surface area (Å²) in [6.07, 6.45) is 9.08. The van der Waals surface area contributed by atoms with Crippen LogP contribution in [0.15, 0.2) is 16.7 Å². The van der Waals surface area contributed by atoms with Gasteiger partial charge in [0.05, 0.1) is 10.6 Å². The molecular weight excluding hydrogens is 342 g/mol. The number of nitrogens with one attached hydrogen (secondary N) is 1. The van der Waals surface area contributed by atoms with Crippen LogP contribution in [0.4, 0.5) is 5.82 Å². The van der Waals surface area contributed by atoms with E-state index < -0.39 is 0 Å². The molecule has 0 aromatic carbocycles. The molecule has 1 aliphatic heterocycles. The third-order valence-electron chi connectivity index (χ3n) is 4.89. The minimum absolute atomic E-state index is 0.226. The van der Waals surface area contributed by atoms with Gasteiger partial charge in [-0.3, -0.25) is 0 Å². The maximum atomic E-state index is 10.5. The number of halogens is 1. The van der Waals surface area contributed by atoms with Crippen LogP contribution in [0, 0.1) is 6.92 Å². The van der Waals surface area contributed by atoms with E-state index in [4.69, 9.17) is 0 Å². The van der Waals surface area contributed by atoms with Crippen LogP contribution in [-0.4, -0.2) is 41.4 Å². The average Bonchev–Trinajstić information content (AvgIpc) is 2.50. The number of aryl methyl sites for hydroxylation is 1. The molecule has 2 aliphatic rings. The van der Waals surface area contributed by atoms with Crippen molar-refractivity contribution >= 4 is 21.7 Å². The van der Waals surface area contributed by atoms with Crippen LogP contribution in [0.25, 0.3) is 0 Å². The third-order valence-corrected chi connectivity index (χ3v) is 5.48. The molecule has 0 unspecified atom stereocenters. The van der Waals surface area contributed by atoms with Gasteiger partial charge in [-0.15, -0.1) is 0 Å². The fourth-order valence-corrected chi connectivity index (χ4v) is 4.36. The van der Waals surface area contributed by atoms with Crippen LogP contribution >= 0.6 is 15.9 Å². The van der Waals surface area contributed by atoms with Crippen molar-refractivity contribution in [3.8, 4) is 0 Å². The molecule has 1 saturated heterocycles. The van der Waals surface area contributed by atoms with Crippen LogP contribution in [0.1, 0.15) is 44.1 Å². The van der Waals surface area contributed by atoms with E-state index in [1.54, 1.807) is 0 Å². The predicted molar refractivity (Wildman–Crippen MR) is 93.3 cm³/mol. The molecule has 3 rings (SSSR count). The van der Waals surface area contributed by atoms with Crippen LogP contribution in [0.2, 0.25) is 0 Å². The lowest BCUT2D eigenvalue weighted by Gasteiger charge is -2.39. The zero-order valence-electron chi connectivity index (χ0n) is 13.3. The summed E-state index contributed by atoms with van der Waals surface area (Å²) in [5, 5.41) is 14.2. The molecule has 2 fully saturated rings. The minimum atomic E-state index is -0.328. The van der Waals surface area contributed by atoms with Gasteiger partial charge in [-0.1, -0.05) is 19.3 Å².